The fourth-order valence-corrected chi connectivity index (χ4v) is 2.00. The van der Waals surface area contributed by atoms with Gasteiger partial charge in [0.15, 0.2) is 5.82 Å². The molecule has 3 aromatic rings. The molecule has 1 aromatic carbocycles. The van der Waals surface area contributed by atoms with E-state index in [9.17, 15) is 13.2 Å². The fourth-order valence-electron chi connectivity index (χ4n) is 2.00. The molecule has 0 aliphatic carbocycles. The predicted molar refractivity (Wildman–Crippen MR) is 86.1 cm³/mol. The Labute approximate surface area is 141 Å². The maximum atomic E-state index is 12.6. The number of hydrogen-bond donors (Lipinski definition) is 2. The van der Waals surface area contributed by atoms with Gasteiger partial charge in [-0.1, -0.05) is 6.07 Å². The fraction of sp³-hybridized carbons (Fsp3) is 0.125. The van der Waals surface area contributed by atoms with Crippen LogP contribution in [0.25, 0.3) is 0 Å². The Morgan fingerprint density at radius 1 is 1.00 bits per heavy atom. The molecule has 0 amide bonds. The molecule has 0 spiro atoms. The zero-order valence-electron chi connectivity index (χ0n) is 12.8. The molecule has 6 nitrogen and oxygen atoms in total. The molecule has 2 aromatic heterocycles. The van der Waals surface area contributed by atoms with E-state index in [2.05, 4.69) is 30.8 Å². The largest absolute Gasteiger partial charge is 0.416 e. The summed E-state index contributed by atoms with van der Waals surface area (Å²) in [6.07, 6.45) is -1.31. The van der Waals surface area contributed by atoms with Crippen LogP contribution in [-0.4, -0.2) is 20.2 Å². The summed E-state index contributed by atoms with van der Waals surface area (Å²) >= 11 is 0. The standard InChI is InChI=1S/C16H13F3N6/c17-16(18,19)11-4-6-12(7-5-11)23-14-10-22-25-15(24-14)21-9-13-3-1-2-8-20-13/h1-8,10H,9H2,(H2,21,23,24,25). The number of nitrogens with zero attached hydrogens (tertiary/aromatic N) is 4. The Morgan fingerprint density at radius 3 is 2.48 bits per heavy atom. The summed E-state index contributed by atoms with van der Waals surface area (Å²) in [5.41, 5.74) is 0.563. The van der Waals surface area contributed by atoms with Crippen LogP contribution in [0, 0.1) is 0 Å². The number of nitrogens with one attached hydrogen (secondary N) is 2. The van der Waals surface area contributed by atoms with Gasteiger partial charge in [-0.3, -0.25) is 4.98 Å². The number of rotatable bonds is 5. The second kappa shape index (κ2) is 7.12. The summed E-state index contributed by atoms with van der Waals surface area (Å²) < 4.78 is 37.7. The lowest BCUT2D eigenvalue weighted by atomic mass is 10.2. The SMILES string of the molecule is FC(F)(F)c1ccc(Nc2cnnc(NCc3ccccn3)n2)cc1. The highest BCUT2D eigenvalue weighted by Crippen LogP contribution is 2.30. The van der Waals surface area contributed by atoms with Crippen molar-refractivity contribution in [1.82, 2.24) is 20.2 Å². The summed E-state index contributed by atoms with van der Waals surface area (Å²) in [7, 11) is 0. The van der Waals surface area contributed by atoms with Gasteiger partial charge >= 0.3 is 6.18 Å². The normalized spacial score (nSPS) is 11.2. The molecule has 0 aliphatic rings. The van der Waals surface area contributed by atoms with Gasteiger partial charge in [0.25, 0.3) is 0 Å². The van der Waals surface area contributed by atoms with Crippen LogP contribution in [0.3, 0.4) is 0 Å². The highest BCUT2D eigenvalue weighted by atomic mass is 19.4. The van der Waals surface area contributed by atoms with Crippen molar-refractivity contribution >= 4 is 17.5 Å². The van der Waals surface area contributed by atoms with Gasteiger partial charge in [0.05, 0.1) is 24.0 Å². The third-order valence-electron chi connectivity index (χ3n) is 3.20. The first-order valence-electron chi connectivity index (χ1n) is 7.28. The second-order valence-electron chi connectivity index (χ2n) is 5.04. The number of pyridine rings is 1. The zero-order chi connectivity index (χ0) is 17.7. The van der Waals surface area contributed by atoms with Crippen molar-refractivity contribution in [1.29, 1.82) is 0 Å². The molecule has 0 fully saturated rings. The summed E-state index contributed by atoms with van der Waals surface area (Å²) in [5.74, 6) is 0.640. The van der Waals surface area contributed by atoms with E-state index in [0.717, 1.165) is 17.8 Å². The average molecular weight is 346 g/mol. The van der Waals surface area contributed by atoms with Gasteiger partial charge in [0, 0.05) is 11.9 Å². The van der Waals surface area contributed by atoms with Gasteiger partial charge < -0.3 is 10.6 Å². The third kappa shape index (κ3) is 4.63. The smallest absolute Gasteiger partial charge is 0.347 e. The Morgan fingerprint density at radius 2 is 1.80 bits per heavy atom. The summed E-state index contributed by atoms with van der Waals surface area (Å²) in [6, 6.07) is 10.2. The lowest BCUT2D eigenvalue weighted by molar-refractivity contribution is -0.137. The molecule has 128 valence electrons. The molecule has 0 bridgehead atoms. The highest BCUT2D eigenvalue weighted by molar-refractivity contribution is 5.56. The van der Waals surface area contributed by atoms with Crippen LogP contribution in [0.4, 0.5) is 30.6 Å². The molecule has 0 unspecified atom stereocenters. The number of anilines is 3. The summed E-state index contributed by atoms with van der Waals surface area (Å²) in [6.45, 7) is 0.423. The molecule has 0 aliphatic heterocycles. The van der Waals surface area contributed by atoms with Crippen LogP contribution in [0.5, 0.6) is 0 Å². The molecule has 0 saturated carbocycles. The van der Waals surface area contributed by atoms with E-state index < -0.39 is 11.7 Å². The maximum Gasteiger partial charge on any atom is 0.416 e. The molecular weight excluding hydrogens is 333 g/mol. The summed E-state index contributed by atoms with van der Waals surface area (Å²) in [4.78, 5) is 8.37. The second-order valence-corrected chi connectivity index (χ2v) is 5.04. The zero-order valence-corrected chi connectivity index (χ0v) is 12.8. The molecule has 0 saturated heterocycles. The number of hydrogen-bond acceptors (Lipinski definition) is 6. The molecule has 9 heteroatoms. The molecular formula is C16H13F3N6. The van der Waals surface area contributed by atoms with Crippen LogP contribution in [-0.2, 0) is 12.7 Å². The van der Waals surface area contributed by atoms with E-state index in [1.165, 1.54) is 18.3 Å². The molecule has 3 rings (SSSR count). The van der Waals surface area contributed by atoms with E-state index in [-0.39, 0.29) is 5.95 Å². The van der Waals surface area contributed by atoms with Gasteiger partial charge in [0.2, 0.25) is 5.95 Å². The molecule has 0 atom stereocenters. The van der Waals surface area contributed by atoms with E-state index in [0.29, 0.717) is 18.1 Å². The van der Waals surface area contributed by atoms with Crippen molar-refractivity contribution in [2.75, 3.05) is 10.6 Å². The van der Waals surface area contributed by atoms with Gasteiger partial charge in [-0.25, -0.2) is 0 Å². The first-order chi connectivity index (χ1) is 12.0. The molecule has 25 heavy (non-hydrogen) atoms. The number of alkyl halides is 3. The number of halogens is 3. The van der Waals surface area contributed by atoms with Gasteiger partial charge in [-0.2, -0.15) is 23.3 Å². The minimum atomic E-state index is -4.36. The van der Waals surface area contributed by atoms with E-state index in [4.69, 9.17) is 0 Å². The van der Waals surface area contributed by atoms with Crippen molar-refractivity contribution < 1.29 is 13.2 Å². The number of aromatic nitrogens is 4. The van der Waals surface area contributed by atoms with E-state index >= 15 is 0 Å². The quantitative estimate of drug-likeness (QED) is 0.735. The third-order valence-corrected chi connectivity index (χ3v) is 3.20. The van der Waals surface area contributed by atoms with E-state index in [1.54, 1.807) is 6.20 Å². The van der Waals surface area contributed by atoms with Crippen LogP contribution in [0.1, 0.15) is 11.3 Å². The minimum Gasteiger partial charge on any atom is -0.347 e. The average Bonchev–Trinajstić information content (AvgIpc) is 2.61. The molecule has 0 radical (unpaired) electrons. The highest BCUT2D eigenvalue weighted by Gasteiger charge is 2.29. The first-order valence-corrected chi connectivity index (χ1v) is 7.28. The Kier molecular flexibility index (Phi) is 4.73. The maximum absolute atomic E-state index is 12.6. The Hall–Kier alpha value is -3.23. The van der Waals surface area contributed by atoms with Gasteiger partial charge in [0.1, 0.15) is 0 Å². The van der Waals surface area contributed by atoms with Crippen molar-refractivity contribution in [2.45, 2.75) is 12.7 Å². The van der Waals surface area contributed by atoms with Crippen LogP contribution >= 0.6 is 0 Å². The molecule has 2 heterocycles. The Balaban J connectivity index is 1.65. The van der Waals surface area contributed by atoms with Crippen molar-refractivity contribution in [2.24, 2.45) is 0 Å². The van der Waals surface area contributed by atoms with Crippen LogP contribution in [0.15, 0.2) is 54.9 Å². The number of benzene rings is 1. The van der Waals surface area contributed by atoms with Crippen LogP contribution < -0.4 is 10.6 Å². The lowest BCUT2D eigenvalue weighted by Gasteiger charge is -2.09. The molecule has 2 N–H and O–H groups in total. The predicted octanol–water partition coefficient (Wildman–Crippen LogP) is 3.64. The minimum absolute atomic E-state index is 0.280. The first kappa shape index (κ1) is 16.6. The van der Waals surface area contributed by atoms with Gasteiger partial charge in [-0.05, 0) is 36.4 Å². The lowest BCUT2D eigenvalue weighted by Crippen LogP contribution is -2.07. The van der Waals surface area contributed by atoms with Crippen molar-refractivity contribution in [3.63, 3.8) is 0 Å². The van der Waals surface area contributed by atoms with Crippen molar-refractivity contribution in [3.05, 3.63) is 66.1 Å². The monoisotopic (exact) mass is 346 g/mol. The van der Waals surface area contributed by atoms with Crippen LogP contribution in [0.2, 0.25) is 0 Å². The topological polar surface area (TPSA) is 75.6 Å². The van der Waals surface area contributed by atoms with Gasteiger partial charge in [-0.15, -0.1) is 5.10 Å². The Bertz CT molecular complexity index is 821. The van der Waals surface area contributed by atoms with Crippen molar-refractivity contribution in [3.8, 4) is 0 Å². The van der Waals surface area contributed by atoms with E-state index in [1.807, 2.05) is 18.2 Å². The summed E-state index contributed by atoms with van der Waals surface area (Å²) in [5, 5.41) is 13.5.